The zero-order valence-electron chi connectivity index (χ0n) is 6.38. The molecule has 0 N–H and O–H groups in total. The molecule has 1 aromatic rings. The number of rotatable bonds is 2. The number of hydrogen-bond acceptors (Lipinski definition) is 2. The van der Waals surface area contributed by atoms with Gasteiger partial charge in [-0.3, -0.25) is 0 Å². The molecule has 0 aliphatic rings. The number of pyridine rings is 1. The maximum atomic E-state index is 11.4. The summed E-state index contributed by atoms with van der Waals surface area (Å²) < 4.78 is 26.8. The van der Waals surface area contributed by atoms with Crippen LogP contribution in [0.1, 0.15) is 0 Å². The number of aromatic nitrogens is 1. The van der Waals surface area contributed by atoms with Crippen molar-refractivity contribution in [2.75, 3.05) is 0 Å². The third-order valence-electron chi connectivity index (χ3n) is 0.798. The topological polar surface area (TPSA) is 22.1 Å². The van der Waals surface area contributed by atoms with Gasteiger partial charge in [-0.2, -0.15) is 8.78 Å². The summed E-state index contributed by atoms with van der Waals surface area (Å²) in [5, 5.41) is 0. The molecule has 1 radical (unpaired) electrons. The van der Waals surface area contributed by atoms with Crippen molar-refractivity contribution in [2.24, 2.45) is 0 Å². The minimum Gasteiger partial charge on any atom is -0.417 e. The van der Waals surface area contributed by atoms with Crippen molar-refractivity contribution in [2.45, 2.75) is 6.61 Å². The lowest BCUT2D eigenvalue weighted by Gasteiger charge is -1.99. The summed E-state index contributed by atoms with van der Waals surface area (Å²) in [6.45, 7) is -2.81. The van der Waals surface area contributed by atoms with E-state index in [1.165, 1.54) is 18.3 Å². The number of ether oxygens (including phenoxy) is 1. The van der Waals surface area contributed by atoms with E-state index in [1.54, 1.807) is 0 Å². The molecule has 0 aliphatic carbocycles. The zero-order chi connectivity index (χ0) is 10.1. The Balaban J connectivity index is 0.000000424. The third kappa shape index (κ3) is 8.49. The Morgan fingerprint density at radius 3 is 2.54 bits per heavy atom. The van der Waals surface area contributed by atoms with Crippen LogP contribution in [0.4, 0.5) is 8.78 Å². The minimum absolute atomic E-state index is 0.0891. The van der Waals surface area contributed by atoms with Crippen molar-refractivity contribution in [1.82, 2.24) is 4.98 Å². The molecular formula is C6H4Cl2F2MgNO. The average Bonchev–Trinajstić information content (AvgIpc) is 2.06. The van der Waals surface area contributed by atoms with Crippen LogP contribution in [-0.2, 0) is 0 Å². The van der Waals surface area contributed by atoms with Gasteiger partial charge in [-0.05, 0) is 6.07 Å². The highest BCUT2D eigenvalue weighted by Crippen LogP contribution is 2.06. The summed E-state index contributed by atoms with van der Waals surface area (Å²) in [4.78, 5) is 3.46. The van der Waals surface area contributed by atoms with Crippen LogP contribution < -0.4 is 4.74 Å². The molecule has 0 amide bonds. The van der Waals surface area contributed by atoms with Crippen LogP contribution in [0.5, 0.6) is 5.88 Å². The van der Waals surface area contributed by atoms with Crippen molar-refractivity contribution in [3.63, 3.8) is 0 Å². The van der Waals surface area contributed by atoms with Gasteiger partial charge in [0.1, 0.15) is 0 Å². The largest absolute Gasteiger partial charge is 0.618 e. The summed E-state index contributed by atoms with van der Waals surface area (Å²) in [6.07, 6.45) is 1.26. The van der Waals surface area contributed by atoms with E-state index < -0.39 is 24.8 Å². The van der Waals surface area contributed by atoms with E-state index in [-0.39, 0.29) is 5.88 Å². The summed E-state index contributed by atoms with van der Waals surface area (Å²) in [6, 6.07) is 5.33. The summed E-state index contributed by atoms with van der Waals surface area (Å²) in [7, 11) is 9.81. The zero-order valence-corrected chi connectivity index (χ0v) is 9.31. The Kier molecular flexibility index (Phi) is 8.85. The van der Waals surface area contributed by atoms with Gasteiger partial charge >= 0.3 is 24.8 Å². The van der Waals surface area contributed by atoms with Crippen LogP contribution in [0.2, 0.25) is 0 Å². The molecule has 0 bridgehead atoms. The van der Waals surface area contributed by atoms with Crippen molar-refractivity contribution in [3.8, 4) is 5.88 Å². The molecular weight excluding hydrogens is 235 g/mol. The van der Waals surface area contributed by atoms with Gasteiger partial charge in [0.2, 0.25) is 5.88 Å². The number of alkyl halides is 2. The molecule has 0 aromatic carbocycles. The van der Waals surface area contributed by atoms with E-state index in [0.29, 0.717) is 0 Å². The molecule has 1 rings (SSSR count). The van der Waals surface area contributed by atoms with E-state index in [2.05, 4.69) is 15.8 Å². The van der Waals surface area contributed by atoms with E-state index in [0.717, 1.165) is 0 Å². The Morgan fingerprint density at radius 1 is 1.54 bits per heavy atom. The normalized spacial score (nSPS) is 8.38. The van der Waals surface area contributed by atoms with E-state index in [4.69, 9.17) is 18.1 Å². The van der Waals surface area contributed by atoms with Crippen LogP contribution in [0.3, 0.4) is 0 Å². The van der Waals surface area contributed by atoms with Gasteiger partial charge in [-0.15, -0.1) is 0 Å². The molecule has 1 heterocycles. The molecule has 0 saturated carbocycles. The molecule has 0 saturated heterocycles. The van der Waals surface area contributed by atoms with Crippen LogP contribution >= 0.6 is 18.1 Å². The minimum atomic E-state index is -2.81. The first kappa shape index (κ1) is 13.2. The molecule has 2 nitrogen and oxygen atoms in total. The molecule has 0 atom stereocenters. The lowest BCUT2D eigenvalue weighted by atomic mass is 10.5. The van der Waals surface area contributed by atoms with Crippen LogP contribution in [-0.4, -0.2) is 29.8 Å². The van der Waals surface area contributed by atoms with Gasteiger partial charge in [0, 0.05) is 18.3 Å². The van der Waals surface area contributed by atoms with Crippen LogP contribution in [0.25, 0.3) is 0 Å². The molecule has 13 heavy (non-hydrogen) atoms. The van der Waals surface area contributed by atoms with Gasteiger partial charge in [0.25, 0.3) is 0 Å². The fraction of sp³-hybridized carbons (Fsp3) is 0.167. The molecule has 0 fully saturated rings. The second kappa shape index (κ2) is 8.74. The molecule has 1 aromatic heterocycles. The quantitative estimate of drug-likeness (QED) is 0.740. The molecule has 0 spiro atoms. The molecule has 69 valence electrons. The predicted molar refractivity (Wildman–Crippen MR) is 47.2 cm³/mol. The van der Waals surface area contributed by atoms with Gasteiger partial charge < -0.3 is 22.9 Å². The first-order valence-corrected chi connectivity index (χ1v) is 7.37. The van der Waals surface area contributed by atoms with Gasteiger partial charge in [-0.1, -0.05) is 0 Å². The monoisotopic (exact) mass is 238 g/mol. The highest BCUT2D eigenvalue weighted by atomic mass is 35.6. The van der Waals surface area contributed by atoms with Crippen LogP contribution in [0.15, 0.2) is 18.3 Å². The highest BCUT2D eigenvalue weighted by Gasteiger charge is 2.02. The Morgan fingerprint density at radius 2 is 2.15 bits per heavy atom. The van der Waals surface area contributed by atoms with Crippen molar-refractivity contribution < 1.29 is 13.5 Å². The van der Waals surface area contributed by atoms with E-state index in [1.807, 2.05) is 0 Å². The number of nitrogens with zero attached hydrogens (tertiary/aromatic N) is 1. The number of hydrogen-bond donors (Lipinski definition) is 0. The maximum Gasteiger partial charge on any atom is 0.618 e. The lowest BCUT2D eigenvalue weighted by Crippen LogP contribution is -2.02. The van der Waals surface area contributed by atoms with Crippen molar-refractivity contribution in [1.29, 1.82) is 0 Å². The summed E-state index contributed by atoms with van der Waals surface area (Å²) in [5.74, 6) is -0.0891. The lowest BCUT2D eigenvalue weighted by molar-refractivity contribution is -0.0528. The molecule has 0 aliphatic heterocycles. The fourth-order valence-corrected chi connectivity index (χ4v) is 0.467. The highest BCUT2D eigenvalue weighted by molar-refractivity contribution is 7.22. The summed E-state index contributed by atoms with van der Waals surface area (Å²) in [5.41, 5.74) is 0. The van der Waals surface area contributed by atoms with E-state index in [9.17, 15) is 8.78 Å². The maximum absolute atomic E-state index is 11.4. The summed E-state index contributed by atoms with van der Waals surface area (Å²) >= 11 is -0.639. The number of halogens is 4. The third-order valence-corrected chi connectivity index (χ3v) is 0.798. The van der Waals surface area contributed by atoms with Crippen molar-refractivity contribution in [3.05, 3.63) is 24.4 Å². The average molecular weight is 239 g/mol. The first-order valence-electron chi connectivity index (χ1n) is 3.09. The standard InChI is InChI=1S/C6H4F2NO.2ClH.Mg/c7-6(8)10-5-3-1-2-4-9-5;;;/h1,3-4,6H;2*1H;/q;;;+2/p-2. The van der Waals surface area contributed by atoms with Gasteiger partial charge in [-0.25, -0.2) is 4.98 Å². The van der Waals surface area contributed by atoms with Gasteiger partial charge in [0.05, 0.1) is 0 Å². The SMILES string of the molecule is FC(F)Oc1cc[c]cn1.[Cl][Mg][Cl]. The van der Waals surface area contributed by atoms with Crippen LogP contribution in [0, 0.1) is 6.07 Å². The molecule has 7 heteroatoms. The Bertz CT molecular complexity index is 215. The predicted octanol–water partition coefficient (Wildman–Crippen LogP) is 2.48. The van der Waals surface area contributed by atoms with Gasteiger partial charge in [0.15, 0.2) is 0 Å². The van der Waals surface area contributed by atoms with E-state index >= 15 is 0 Å². The Hall–Kier alpha value is 0.156. The van der Waals surface area contributed by atoms with Crippen molar-refractivity contribution >= 4 is 36.3 Å². The fourth-order valence-electron chi connectivity index (χ4n) is 0.467. The smallest absolute Gasteiger partial charge is 0.417 e. The Labute approximate surface area is 91.5 Å². The molecule has 0 unspecified atom stereocenters. The second-order valence-corrected chi connectivity index (χ2v) is 4.20. The second-order valence-electron chi connectivity index (χ2n) is 1.58. The first-order chi connectivity index (χ1) is 6.20.